The van der Waals surface area contributed by atoms with Crippen LogP contribution in [0.1, 0.15) is 5.56 Å². The molecule has 0 aliphatic carbocycles. The summed E-state index contributed by atoms with van der Waals surface area (Å²) in [6, 6.07) is 8.27. The lowest BCUT2D eigenvalue weighted by atomic mass is 9.99. The van der Waals surface area contributed by atoms with Crippen LogP contribution in [0.15, 0.2) is 24.3 Å². The van der Waals surface area contributed by atoms with Crippen molar-refractivity contribution in [2.75, 3.05) is 11.9 Å². The number of fused-ring (bicyclic) bond motifs is 1. The Labute approximate surface area is 80.9 Å². The monoisotopic (exact) mass is 226 g/mol. The maximum absolute atomic E-state index is 5.60. The third-order valence-electron chi connectivity index (χ3n) is 2.17. The molecule has 1 nitrogen and oxygen atoms in total. The van der Waals surface area contributed by atoms with Crippen LogP contribution in [0.25, 0.3) is 0 Å². The first-order chi connectivity index (χ1) is 5.90. The van der Waals surface area contributed by atoms with Crippen molar-refractivity contribution in [3.05, 3.63) is 29.8 Å². The fraction of sp³-hybridized carbons (Fsp3) is 0.400. The van der Waals surface area contributed by atoms with Crippen LogP contribution in [0.2, 0.25) is 0 Å². The summed E-state index contributed by atoms with van der Waals surface area (Å²) in [6.45, 7) is 0.849. The zero-order valence-electron chi connectivity index (χ0n) is 6.79. The van der Waals surface area contributed by atoms with Crippen LogP contribution in [0.5, 0.6) is 5.75 Å². The van der Waals surface area contributed by atoms with Gasteiger partial charge in [-0.05, 0) is 18.1 Å². The van der Waals surface area contributed by atoms with E-state index in [4.69, 9.17) is 4.74 Å². The zero-order valence-corrected chi connectivity index (χ0v) is 8.38. The van der Waals surface area contributed by atoms with E-state index in [1.807, 2.05) is 12.1 Å². The number of para-hydroxylation sites is 1. The van der Waals surface area contributed by atoms with E-state index in [1.54, 1.807) is 0 Å². The summed E-state index contributed by atoms with van der Waals surface area (Å²) in [5.74, 6) is 1.70. The fourth-order valence-corrected chi connectivity index (χ4v) is 1.91. The average Bonchev–Trinajstić information content (AvgIpc) is 2.17. The Balaban J connectivity index is 2.23. The van der Waals surface area contributed by atoms with Gasteiger partial charge in [-0.2, -0.15) is 0 Å². The number of hydrogen-bond acceptors (Lipinski definition) is 1. The van der Waals surface area contributed by atoms with Crippen molar-refractivity contribution in [3.8, 4) is 5.75 Å². The van der Waals surface area contributed by atoms with Gasteiger partial charge in [-0.3, -0.25) is 0 Å². The lowest BCUT2D eigenvalue weighted by molar-refractivity contribution is 0.237. The number of alkyl halides is 1. The van der Waals surface area contributed by atoms with Crippen molar-refractivity contribution >= 4 is 15.9 Å². The smallest absolute Gasteiger partial charge is 0.122 e. The first-order valence-electron chi connectivity index (χ1n) is 4.17. The van der Waals surface area contributed by atoms with Crippen molar-refractivity contribution in [3.63, 3.8) is 0 Å². The standard InChI is InChI=1S/C10H11BrO/c11-6-8-5-9-3-1-2-4-10(9)12-7-8/h1-4,8H,5-7H2. The highest BCUT2D eigenvalue weighted by molar-refractivity contribution is 9.09. The minimum Gasteiger partial charge on any atom is -0.493 e. The molecule has 0 N–H and O–H groups in total. The van der Waals surface area contributed by atoms with Gasteiger partial charge < -0.3 is 4.74 Å². The van der Waals surface area contributed by atoms with Gasteiger partial charge >= 0.3 is 0 Å². The molecule has 0 radical (unpaired) electrons. The van der Waals surface area contributed by atoms with E-state index in [-0.39, 0.29) is 0 Å². The summed E-state index contributed by atoms with van der Waals surface area (Å²) in [5.41, 5.74) is 1.34. The van der Waals surface area contributed by atoms with Crippen LogP contribution in [-0.2, 0) is 6.42 Å². The molecule has 0 amide bonds. The summed E-state index contributed by atoms with van der Waals surface area (Å²) in [7, 11) is 0. The third kappa shape index (κ3) is 1.48. The van der Waals surface area contributed by atoms with E-state index in [1.165, 1.54) is 5.56 Å². The second-order valence-electron chi connectivity index (χ2n) is 3.14. The second-order valence-corrected chi connectivity index (χ2v) is 3.79. The van der Waals surface area contributed by atoms with Crippen LogP contribution >= 0.6 is 15.9 Å². The molecule has 1 unspecified atom stereocenters. The Hall–Kier alpha value is -0.500. The Morgan fingerprint density at radius 2 is 2.25 bits per heavy atom. The van der Waals surface area contributed by atoms with Gasteiger partial charge in [0, 0.05) is 11.2 Å². The first-order valence-corrected chi connectivity index (χ1v) is 5.29. The quantitative estimate of drug-likeness (QED) is 0.670. The molecule has 1 heterocycles. The normalized spacial score (nSPS) is 21.2. The largest absolute Gasteiger partial charge is 0.493 e. The van der Waals surface area contributed by atoms with Gasteiger partial charge in [0.25, 0.3) is 0 Å². The summed E-state index contributed by atoms with van der Waals surface area (Å²) in [5, 5.41) is 1.03. The fourth-order valence-electron chi connectivity index (χ4n) is 1.49. The summed E-state index contributed by atoms with van der Waals surface area (Å²) in [4.78, 5) is 0. The molecule has 1 aromatic rings. The number of halogens is 1. The summed E-state index contributed by atoms with van der Waals surface area (Å²) in [6.07, 6.45) is 1.14. The van der Waals surface area contributed by atoms with E-state index in [0.29, 0.717) is 5.92 Å². The molecule has 0 spiro atoms. The zero-order chi connectivity index (χ0) is 8.39. The van der Waals surface area contributed by atoms with Crippen molar-refractivity contribution in [1.82, 2.24) is 0 Å². The Kier molecular flexibility index (Phi) is 2.35. The Morgan fingerprint density at radius 1 is 1.42 bits per heavy atom. The number of benzene rings is 1. The topological polar surface area (TPSA) is 9.23 Å². The molecule has 12 heavy (non-hydrogen) atoms. The molecular weight excluding hydrogens is 216 g/mol. The first kappa shape index (κ1) is 8.11. The second kappa shape index (κ2) is 3.48. The molecule has 0 saturated carbocycles. The van der Waals surface area contributed by atoms with Crippen LogP contribution in [0.3, 0.4) is 0 Å². The highest BCUT2D eigenvalue weighted by Crippen LogP contribution is 2.27. The van der Waals surface area contributed by atoms with E-state index in [2.05, 4.69) is 28.1 Å². The molecule has 0 fully saturated rings. The van der Waals surface area contributed by atoms with Gasteiger partial charge in [0.05, 0.1) is 6.61 Å². The lowest BCUT2D eigenvalue weighted by Crippen LogP contribution is -2.21. The van der Waals surface area contributed by atoms with Gasteiger partial charge in [0.2, 0.25) is 0 Å². The number of rotatable bonds is 1. The minimum absolute atomic E-state index is 0.639. The SMILES string of the molecule is BrCC1COc2ccccc2C1. The van der Waals surface area contributed by atoms with Gasteiger partial charge in [-0.15, -0.1) is 0 Å². The predicted octanol–water partition coefficient (Wildman–Crippen LogP) is 2.63. The number of hydrogen-bond donors (Lipinski definition) is 0. The molecule has 1 atom stereocenters. The van der Waals surface area contributed by atoms with Crippen LogP contribution in [0, 0.1) is 5.92 Å². The third-order valence-corrected chi connectivity index (χ3v) is 3.09. The lowest BCUT2D eigenvalue weighted by Gasteiger charge is -2.23. The van der Waals surface area contributed by atoms with Gasteiger partial charge in [0.15, 0.2) is 0 Å². The molecule has 2 heteroatoms. The predicted molar refractivity (Wildman–Crippen MR) is 52.9 cm³/mol. The Morgan fingerprint density at radius 3 is 3.08 bits per heavy atom. The molecule has 1 aliphatic rings. The van der Waals surface area contributed by atoms with Gasteiger partial charge in [0.1, 0.15) is 5.75 Å². The summed E-state index contributed by atoms with van der Waals surface area (Å²) >= 11 is 3.48. The van der Waals surface area contributed by atoms with E-state index >= 15 is 0 Å². The van der Waals surface area contributed by atoms with E-state index < -0.39 is 0 Å². The highest BCUT2D eigenvalue weighted by Gasteiger charge is 2.17. The molecule has 0 aromatic heterocycles. The molecule has 1 aromatic carbocycles. The molecule has 1 aliphatic heterocycles. The van der Waals surface area contributed by atoms with Gasteiger partial charge in [-0.1, -0.05) is 34.1 Å². The summed E-state index contributed by atoms with van der Waals surface area (Å²) < 4.78 is 5.60. The van der Waals surface area contributed by atoms with Crippen LogP contribution in [0.4, 0.5) is 0 Å². The van der Waals surface area contributed by atoms with Crippen LogP contribution in [-0.4, -0.2) is 11.9 Å². The molecule has 2 rings (SSSR count). The average molecular weight is 227 g/mol. The maximum atomic E-state index is 5.60. The molecule has 64 valence electrons. The van der Waals surface area contributed by atoms with Crippen LogP contribution < -0.4 is 4.74 Å². The minimum atomic E-state index is 0.639. The molecule has 0 saturated heterocycles. The highest BCUT2D eigenvalue weighted by atomic mass is 79.9. The Bertz CT molecular complexity index is 272. The maximum Gasteiger partial charge on any atom is 0.122 e. The van der Waals surface area contributed by atoms with Crippen molar-refractivity contribution in [1.29, 1.82) is 0 Å². The van der Waals surface area contributed by atoms with Crippen molar-refractivity contribution in [2.45, 2.75) is 6.42 Å². The van der Waals surface area contributed by atoms with E-state index in [0.717, 1.165) is 24.1 Å². The van der Waals surface area contributed by atoms with E-state index in [9.17, 15) is 0 Å². The number of ether oxygens (including phenoxy) is 1. The van der Waals surface area contributed by atoms with Crippen molar-refractivity contribution in [2.24, 2.45) is 5.92 Å². The van der Waals surface area contributed by atoms with Gasteiger partial charge in [-0.25, -0.2) is 0 Å². The molecule has 0 bridgehead atoms. The van der Waals surface area contributed by atoms with Crippen molar-refractivity contribution < 1.29 is 4.74 Å². The molecular formula is C10H11BrO.